The van der Waals surface area contributed by atoms with E-state index in [4.69, 9.17) is 5.21 Å². The van der Waals surface area contributed by atoms with Crippen LogP contribution in [0.5, 0.6) is 0 Å². The molecule has 6 heteroatoms. The Morgan fingerprint density at radius 3 is 3.14 bits per heavy atom. The summed E-state index contributed by atoms with van der Waals surface area (Å²) in [5.41, 5.74) is 5.97. The summed E-state index contributed by atoms with van der Waals surface area (Å²) in [6, 6.07) is 6.05. The Kier molecular flexibility index (Phi) is 4.22. The van der Waals surface area contributed by atoms with Gasteiger partial charge < -0.3 is 5.32 Å². The van der Waals surface area contributed by atoms with Crippen LogP contribution in [0.15, 0.2) is 24.3 Å². The summed E-state index contributed by atoms with van der Waals surface area (Å²) < 4.78 is 0. The molecule has 1 amide bonds. The van der Waals surface area contributed by atoms with Gasteiger partial charge in [0.1, 0.15) is 0 Å². The van der Waals surface area contributed by atoms with Gasteiger partial charge in [0.2, 0.25) is 0 Å². The zero-order valence-electron chi connectivity index (χ0n) is 12.2. The molecule has 3 N–H and O–H groups in total. The number of nitrogens with zero attached hydrogens (tertiary/aromatic N) is 1. The number of hydrogen-bond acceptors (Lipinski definition) is 5. The summed E-state index contributed by atoms with van der Waals surface area (Å²) in [6.45, 7) is 3.07. The van der Waals surface area contributed by atoms with E-state index in [1.54, 1.807) is 22.9 Å². The Morgan fingerprint density at radius 2 is 2.36 bits per heavy atom. The Balaban J connectivity index is 1.82. The average molecular weight is 315 g/mol. The number of fused-ring (bicyclic) bond motifs is 3. The average Bonchev–Trinajstić information content (AvgIpc) is 3.07. The molecule has 1 aliphatic rings. The molecule has 1 aromatic carbocycles. The number of benzene rings is 1. The second-order valence-electron chi connectivity index (χ2n) is 5.12. The van der Waals surface area contributed by atoms with Crippen LogP contribution in [-0.2, 0) is 11.2 Å². The largest absolute Gasteiger partial charge is 0.362 e. The highest BCUT2D eigenvalue weighted by Crippen LogP contribution is 2.41. The minimum atomic E-state index is -0.534. The van der Waals surface area contributed by atoms with Crippen molar-refractivity contribution in [2.75, 3.05) is 11.9 Å². The van der Waals surface area contributed by atoms with Gasteiger partial charge in [-0.2, -0.15) is 0 Å². The molecule has 0 atom stereocenters. The number of thiazole rings is 1. The van der Waals surface area contributed by atoms with Crippen LogP contribution in [0.1, 0.15) is 29.3 Å². The first-order chi connectivity index (χ1) is 10.7. The number of nitrogens with one attached hydrogen (secondary N) is 2. The van der Waals surface area contributed by atoms with E-state index < -0.39 is 5.91 Å². The first-order valence-corrected chi connectivity index (χ1v) is 8.02. The fourth-order valence-corrected chi connectivity index (χ4v) is 3.49. The standard InChI is InChI=1S/C16H17N3O2S/c1-2-7-17-16-18-15-12-5-3-10(4-6-14(20)19-21)8-11(12)9-13(15)22-16/h3-6,8,21H,2,7,9H2,1H3,(H,17,18)(H,19,20)/b6-4+. The molecule has 0 radical (unpaired) electrons. The summed E-state index contributed by atoms with van der Waals surface area (Å²) in [4.78, 5) is 17.0. The van der Waals surface area contributed by atoms with E-state index in [0.29, 0.717) is 0 Å². The van der Waals surface area contributed by atoms with Gasteiger partial charge in [-0.15, -0.1) is 11.3 Å². The van der Waals surface area contributed by atoms with Crippen LogP contribution in [0.2, 0.25) is 0 Å². The van der Waals surface area contributed by atoms with Crippen LogP contribution in [0.25, 0.3) is 17.3 Å². The van der Waals surface area contributed by atoms with E-state index in [0.717, 1.165) is 35.8 Å². The van der Waals surface area contributed by atoms with Crippen molar-refractivity contribution in [3.63, 3.8) is 0 Å². The van der Waals surface area contributed by atoms with Crippen molar-refractivity contribution in [1.29, 1.82) is 0 Å². The second kappa shape index (κ2) is 6.29. The molecule has 0 saturated heterocycles. The van der Waals surface area contributed by atoms with Crippen molar-refractivity contribution < 1.29 is 10.0 Å². The lowest BCUT2D eigenvalue weighted by Crippen LogP contribution is -2.14. The third kappa shape index (κ3) is 2.88. The second-order valence-corrected chi connectivity index (χ2v) is 6.20. The normalized spacial score (nSPS) is 12.3. The maximum absolute atomic E-state index is 11.0. The fraction of sp³-hybridized carbons (Fsp3) is 0.250. The number of aromatic nitrogens is 1. The van der Waals surface area contributed by atoms with Gasteiger partial charge in [-0.05, 0) is 23.6 Å². The van der Waals surface area contributed by atoms with Gasteiger partial charge in [0.15, 0.2) is 5.13 Å². The molecule has 114 valence electrons. The van der Waals surface area contributed by atoms with E-state index in [1.165, 1.54) is 22.1 Å². The zero-order valence-corrected chi connectivity index (χ0v) is 13.0. The van der Waals surface area contributed by atoms with Crippen LogP contribution in [0, 0.1) is 0 Å². The van der Waals surface area contributed by atoms with Crippen LogP contribution < -0.4 is 10.8 Å². The summed E-state index contributed by atoms with van der Waals surface area (Å²) >= 11 is 1.71. The third-order valence-corrected chi connectivity index (χ3v) is 4.51. The van der Waals surface area contributed by atoms with Gasteiger partial charge in [-0.3, -0.25) is 10.0 Å². The molecule has 0 aliphatic heterocycles. The van der Waals surface area contributed by atoms with Gasteiger partial charge >= 0.3 is 0 Å². The molecule has 1 aliphatic carbocycles. The minimum Gasteiger partial charge on any atom is -0.362 e. The first kappa shape index (κ1) is 14.7. The monoisotopic (exact) mass is 315 g/mol. The molecule has 22 heavy (non-hydrogen) atoms. The maximum atomic E-state index is 11.0. The van der Waals surface area contributed by atoms with Gasteiger partial charge in [0, 0.05) is 29.5 Å². The Labute approximate surface area is 132 Å². The van der Waals surface area contributed by atoms with Crippen molar-refractivity contribution >= 4 is 28.5 Å². The maximum Gasteiger partial charge on any atom is 0.267 e. The van der Waals surface area contributed by atoms with Gasteiger partial charge in [-0.1, -0.05) is 25.1 Å². The van der Waals surface area contributed by atoms with E-state index in [2.05, 4.69) is 23.3 Å². The number of carbonyl (C=O) groups excluding carboxylic acids is 1. The Hall–Kier alpha value is -2.18. The summed E-state index contributed by atoms with van der Waals surface area (Å²) in [7, 11) is 0. The molecule has 3 rings (SSSR count). The van der Waals surface area contributed by atoms with E-state index in [-0.39, 0.29) is 0 Å². The topological polar surface area (TPSA) is 74.2 Å². The number of rotatable bonds is 5. The predicted octanol–water partition coefficient (Wildman–Crippen LogP) is 3.05. The zero-order chi connectivity index (χ0) is 15.5. The third-order valence-electron chi connectivity index (χ3n) is 3.50. The highest BCUT2D eigenvalue weighted by atomic mass is 32.1. The Morgan fingerprint density at radius 1 is 1.50 bits per heavy atom. The van der Waals surface area contributed by atoms with Gasteiger partial charge in [0.25, 0.3) is 5.91 Å². The van der Waals surface area contributed by atoms with Crippen molar-refractivity contribution in [3.8, 4) is 11.3 Å². The quantitative estimate of drug-likeness (QED) is 0.384. The number of hydroxylamine groups is 1. The predicted molar refractivity (Wildman–Crippen MR) is 88.1 cm³/mol. The molecule has 2 aromatic rings. The van der Waals surface area contributed by atoms with Gasteiger partial charge in [0.05, 0.1) is 5.69 Å². The van der Waals surface area contributed by atoms with E-state index >= 15 is 0 Å². The van der Waals surface area contributed by atoms with Crippen molar-refractivity contribution in [3.05, 3.63) is 40.3 Å². The lowest BCUT2D eigenvalue weighted by Gasteiger charge is -2.02. The van der Waals surface area contributed by atoms with Crippen LogP contribution in [0.3, 0.4) is 0 Å². The van der Waals surface area contributed by atoms with Crippen LogP contribution in [-0.4, -0.2) is 22.6 Å². The van der Waals surface area contributed by atoms with E-state index in [9.17, 15) is 4.79 Å². The molecule has 1 heterocycles. The van der Waals surface area contributed by atoms with Gasteiger partial charge in [-0.25, -0.2) is 10.5 Å². The lowest BCUT2D eigenvalue weighted by atomic mass is 10.1. The molecule has 0 saturated carbocycles. The van der Waals surface area contributed by atoms with Crippen molar-refractivity contribution in [1.82, 2.24) is 10.5 Å². The molecule has 0 fully saturated rings. The molecule has 0 unspecified atom stereocenters. The number of hydrogen-bond donors (Lipinski definition) is 3. The highest BCUT2D eigenvalue weighted by molar-refractivity contribution is 7.16. The molecular weight excluding hydrogens is 298 g/mol. The smallest absolute Gasteiger partial charge is 0.267 e. The van der Waals surface area contributed by atoms with Crippen molar-refractivity contribution in [2.24, 2.45) is 0 Å². The van der Waals surface area contributed by atoms with E-state index in [1.807, 2.05) is 12.1 Å². The summed E-state index contributed by atoms with van der Waals surface area (Å²) in [5.74, 6) is -0.534. The molecule has 5 nitrogen and oxygen atoms in total. The molecule has 1 aromatic heterocycles. The summed E-state index contributed by atoms with van der Waals surface area (Å²) in [6.07, 6.45) is 4.94. The van der Waals surface area contributed by atoms with Crippen LogP contribution >= 0.6 is 11.3 Å². The SMILES string of the molecule is CCCNc1nc2c(s1)Cc1cc(/C=C/C(=O)NO)ccc1-2. The number of carbonyl (C=O) groups is 1. The lowest BCUT2D eigenvalue weighted by molar-refractivity contribution is -0.124. The Bertz CT molecular complexity index is 737. The number of anilines is 1. The molecule has 0 bridgehead atoms. The fourth-order valence-electron chi connectivity index (χ4n) is 2.47. The first-order valence-electron chi connectivity index (χ1n) is 7.20. The highest BCUT2D eigenvalue weighted by Gasteiger charge is 2.23. The molecule has 0 spiro atoms. The number of amides is 1. The van der Waals surface area contributed by atoms with Crippen molar-refractivity contribution in [2.45, 2.75) is 19.8 Å². The van der Waals surface area contributed by atoms with Crippen LogP contribution in [0.4, 0.5) is 5.13 Å². The minimum absolute atomic E-state index is 0.534. The summed E-state index contributed by atoms with van der Waals surface area (Å²) in [5, 5.41) is 12.8. The molecular formula is C16H17N3O2S.